The van der Waals surface area contributed by atoms with Crippen LogP contribution >= 0.6 is 0 Å². The first-order valence-electron chi connectivity index (χ1n) is 4.97. The summed E-state index contributed by atoms with van der Waals surface area (Å²) in [5.74, 6) is -0.958. The standard InChI is InChI=1S/C12H14N2O2/c1-12(11(15)16,7-4-8-13)9-5-2-3-6-10(9)14/h2-3,5-6H,4,7,14H2,1H3,(H,15,16). The van der Waals surface area contributed by atoms with Gasteiger partial charge >= 0.3 is 5.97 Å². The summed E-state index contributed by atoms with van der Waals surface area (Å²) in [7, 11) is 0. The highest BCUT2D eigenvalue weighted by atomic mass is 16.4. The number of hydrogen-bond acceptors (Lipinski definition) is 3. The second-order valence-corrected chi connectivity index (χ2v) is 3.88. The van der Waals surface area contributed by atoms with Crippen LogP contribution in [0.2, 0.25) is 0 Å². The number of nitrogens with zero attached hydrogens (tertiary/aromatic N) is 1. The van der Waals surface area contributed by atoms with Gasteiger partial charge in [-0.05, 0) is 25.0 Å². The molecule has 0 heterocycles. The summed E-state index contributed by atoms with van der Waals surface area (Å²) in [6.45, 7) is 1.60. The van der Waals surface area contributed by atoms with Crippen molar-refractivity contribution in [3.05, 3.63) is 29.8 Å². The zero-order valence-corrected chi connectivity index (χ0v) is 9.10. The minimum atomic E-state index is -1.10. The normalized spacial score (nSPS) is 13.8. The fourth-order valence-electron chi connectivity index (χ4n) is 1.66. The largest absolute Gasteiger partial charge is 0.481 e. The zero-order valence-electron chi connectivity index (χ0n) is 9.10. The number of rotatable bonds is 4. The number of benzene rings is 1. The van der Waals surface area contributed by atoms with Crippen LogP contribution in [0.15, 0.2) is 24.3 Å². The lowest BCUT2D eigenvalue weighted by Crippen LogP contribution is -2.33. The van der Waals surface area contributed by atoms with Crippen molar-refractivity contribution in [1.29, 1.82) is 5.26 Å². The van der Waals surface area contributed by atoms with Crippen LogP contribution in [0.3, 0.4) is 0 Å². The Morgan fingerprint density at radius 2 is 2.19 bits per heavy atom. The molecule has 0 saturated carbocycles. The van der Waals surface area contributed by atoms with Crippen LogP contribution in [0.1, 0.15) is 25.3 Å². The maximum absolute atomic E-state index is 11.3. The fraction of sp³-hybridized carbons (Fsp3) is 0.333. The highest BCUT2D eigenvalue weighted by Gasteiger charge is 2.36. The van der Waals surface area contributed by atoms with Crippen LogP contribution in [-0.4, -0.2) is 11.1 Å². The van der Waals surface area contributed by atoms with Crippen LogP contribution in [-0.2, 0) is 10.2 Å². The summed E-state index contributed by atoms with van der Waals surface area (Å²) in [4.78, 5) is 11.3. The Morgan fingerprint density at radius 3 is 2.69 bits per heavy atom. The van der Waals surface area contributed by atoms with E-state index in [0.29, 0.717) is 11.3 Å². The quantitative estimate of drug-likeness (QED) is 0.756. The predicted molar refractivity (Wildman–Crippen MR) is 60.7 cm³/mol. The topological polar surface area (TPSA) is 87.1 Å². The zero-order chi connectivity index (χ0) is 12.2. The number of carbonyl (C=O) groups is 1. The van der Waals surface area contributed by atoms with Crippen molar-refractivity contribution in [1.82, 2.24) is 0 Å². The van der Waals surface area contributed by atoms with Gasteiger partial charge in [0.25, 0.3) is 0 Å². The number of hydrogen-bond donors (Lipinski definition) is 2. The second kappa shape index (κ2) is 4.67. The molecule has 0 spiro atoms. The summed E-state index contributed by atoms with van der Waals surface area (Å²) in [5, 5.41) is 17.8. The van der Waals surface area contributed by atoms with E-state index in [-0.39, 0.29) is 12.8 Å². The van der Waals surface area contributed by atoms with Gasteiger partial charge in [0.1, 0.15) is 0 Å². The number of carboxylic acid groups (broad SMARTS) is 1. The van der Waals surface area contributed by atoms with E-state index in [4.69, 9.17) is 11.0 Å². The van der Waals surface area contributed by atoms with E-state index in [1.165, 1.54) is 0 Å². The van der Waals surface area contributed by atoms with Crippen LogP contribution in [0.25, 0.3) is 0 Å². The van der Waals surface area contributed by atoms with Gasteiger partial charge < -0.3 is 10.8 Å². The molecule has 16 heavy (non-hydrogen) atoms. The van der Waals surface area contributed by atoms with Gasteiger partial charge in [0.05, 0.1) is 11.5 Å². The highest BCUT2D eigenvalue weighted by molar-refractivity contribution is 5.83. The van der Waals surface area contributed by atoms with E-state index in [0.717, 1.165) is 0 Å². The van der Waals surface area contributed by atoms with E-state index >= 15 is 0 Å². The van der Waals surface area contributed by atoms with Crippen molar-refractivity contribution in [2.24, 2.45) is 0 Å². The van der Waals surface area contributed by atoms with E-state index in [1.54, 1.807) is 31.2 Å². The summed E-state index contributed by atoms with van der Waals surface area (Å²) in [5.41, 5.74) is 5.69. The fourth-order valence-corrected chi connectivity index (χ4v) is 1.66. The SMILES string of the molecule is CC(CCC#N)(C(=O)O)c1ccccc1N. The lowest BCUT2D eigenvalue weighted by Gasteiger charge is -2.25. The molecule has 1 unspecified atom stereocenters. The van der Waals surface area contributed by atoms with E-state index < -0.39 is 11.4 Å². The number of nitrogen functional groups attached to an aromatic ring is 1. The van der Waals surface area contributed by atoms with Crippen molar-refractivity contribution in [2.45, 2.75) is 25.2 Å². The molecule has 84 valence electrons. The minimum Gasteiger partial charge on any atom is -0.481 e. The Morgan fingerprint density at radius 1 is 1.56 bits per heavy atom. The number of carboxylic acids is 1. The molecule has 0 aliphatic heterocycles. The van der Waals surface area contributed by atoms with Gasteiger partial charge in [0, 0.05) is 12.1 Å². The molecule has 1 aromatic carbocycles. The Labute approximate surface area is 94.3 Å². The van der Waals surface area contributed by atoms with E-state index in [9.17, 15) is 9.90 Å². The van der Waals surface area contributed by atoms with Gasteiger partial charge in [-0.3, -0.25) is 4.79 Å². The molecule has 0 radical (unpaired) electrons. The van der Waals surface area contributed by atoms with Crippen LogP contribution in [0.4, 0.5) is 5.69 Å². The van der Waals surface area contributed by atoms with Gasteiger partial charge in [-0.2, -0.15) is 5.26 Å². The number of nitrogens with two attached hydrogens (primary N) is 1. The minimum absolute atomic E-state index is 0.192. The summed E-state index contributed by atoms with van der Waals surface area (Å²) in [6.07, 6.45) is 0.449. The van der Waals surface area contributed by atoms with Crippen molar-refractivity contribution < 1.29 is 9.90 Å². The van der Waals surface area contributed by atoms with Crippen LogP contribution in [0.5, 0.6) is 0 Å². The number of anilines is 1. The third-order valence-electron chi connectivity index (χ3n) is 2.76. The highest BCUT2D eigenvalue weighted by Crippen LogP contribution is 2.33. The Balaban J connectivity index is 3.17. The molecule has 0 fully saturated rings. The molecular weight excluding hydrogens is 204 g/mol. The monoisotopic (exact) mass is 218 g/mol. The van der Waals surface area contributed by atoms with Crippen molar-refractivity contribution >= 4 is 11.7 Å². The Hall–Kier alpha value is -2.02. The average Bonchev–Trinajstić information content (AvgIpc) is 2.26. The van der Waals surface area contributed by atoms with Gasteiger partial charge in [0.15, 0.2) is 0 Å². The molecule has 0 aliphatic carbocycles. The molecule has 4 heteroatoms. The first-order valence-corrected chi connectivity index (χ1v) is 4.97. The number of para-hydroxylation sites is 1. The van der Waals surface area contributed by atoms with E-state index in [2.05, 4.69) is 0 Å². The van der Waals surface area contributed by atoms with Gasteiger partial charge in [-0.25, -0.2) is 0 Å². The molecule has 0 aliphatic rings. The molecular formula is C12H14N2O2. The van der Waals surface area contributed by atoms with E-state index in [1.807, 2.05) is 6.07 Å². The first kappa shape index (κ1) is 12.1. The summed E-state index contributed by atoms with van der Waals surface area (Å²) in [6, 6.07) is 8.83. The van der Waals surface area contributed by atoms with Crippen molar-refractivity contribution in [3.63, 3.8) is 0 Å². The third-order valence-corrected chi connectivity index (χ3v) is 2.76. The average molecular weight is 218 g/mol. The molecule has 1 atom stereocenters. The molecule has 0 saturated heterocycles. The van der Waals surface area contributed by atoms with Gasteiger partial charge in [-0.15, -0.1) is 0 Å². The van der Waals surface area contributed by atoms with Crippen LogP contribution in [0, 0.1) is 11.3 Å². The lowest BCUT2D eigenvalue weighted by atomic mass is 9.78. The maximum atomic E-state index is 11.3. The lowest BCUT2D eigenvalue weighted by molar-refractivity contribution is -0.143. The third kappa shape index (κ3) is 2.14. The Bertz CT molecular complexity index is 437. The molecule has 3 N–H and O–H groups in total. The Kier molecular flexibility index (Phi) is 3.51. The number of nitriles is 1. The molecule has 0 bridgehead atoms. The predicted octanol–water partition coefficient (Wildman–Crippen LogP) is 1.91. The second-order valence-electron chi connectivity index (χ2n) is 3.88. The number of aliphatic carboxylic acids is 1. The summed E-state index contributed by atoms with van der Waals surface area (Å²) < 4.78 is 0. The molecule has 1 rings (SSSR count). The van der Waals surface area contributed by atoms with Gasteiger partial charge in [-0.1, -0.05) is 18.2 Å². The molecule has 0 amide bonds. The smallest absolute Gasteiger partial charge is 0.313 e. The summed E-state index contributed by atoms with van der Waals surface area (Å²) >= 11 is 0. The van der Waals surface area contributed by atoms with Crippen LogP contribution < -0.4 is 5.73 Å². The molecule has 0 aromatic heterocycles. The molecule has 4 nitrogen and oxygen atoms in total. The molecule has 1 aromatic rings. The van der Waals surface area contributed by atoms with Gasteiger partial charge in [0.2, 0.25) is 0 Å². The van der Waals surface area contributed by atoms with Crippen molar-refractivity contribution in [3.8, 4) is 6.07 Å². The van der Waals surface area contributed by atoms with Crippen molar-refractivity contribution in [2.75, 3.05) is 5.73 Å². The first-order chi connectivity index (χ1) is 7.52. The maximum Gasteiger partial charge on any atom is 0.313 e.